The standard InChI is InChI=1S/C15H15N3O3S2/c1-9(19)16-13-12(17-14(22)18-15(20)21-2)11(8-23-13)10-6-4-3-5-7-10/h3-8H,1-2H3,(H,16,19)(H2,17,18,20,22). The van der Waals surface area contributed by atoms with Crippen LogP contribution in [0, 0.1) is 0 Å². The summed E-state index contributed by atoms with van der Waals surface area (Å²) in [5.41, 5.74) is 2.45. The SMILES string of the molecule is COC(=O)NC(=S)Nc1c(-c2ccccc2)csc1NC(C)=O. The molecule has 1 aromatic carbocycles. The lowest BCUT2D eigenvalue weighted by Crippen LogP contribution is -2.34. The summed E-state index contributed by atoms with van der Waals surface area (Å²) in [5.74, 6) is -0.193. The van der Waals surface area contributed by atoms with E-state index in [1.165, 1.54) is 25.4 Å². The molecule has 0 saturated carbocycles. The van der Waals surface area contributed by atoms with Crippen LogP contribution in [-0.2, 0) is 9.53 Å². The second-order valence-corrected chi connectivity index (χ2v) is 5.76. The van der Waals surface area contributed by atoms with Crippen molar-refractivity contribution in [2.24, 2.45) is 0 Å². The molecule has 0 saturated heterocycles. The first-order valence-electron chi connectivity index (χ1n) is 6.61. The van der Waals surface area contributed by atoms with E-state index in [1.54, 1.807) is 0 Å². The van der Waals surface area contributed by atoms with Crippen molar-refractivity contribution in [2.45, 2.75) is 6.92 Å². The van der Waals surface area contributed by atoms with Gasteiger partial charge in [0.15, 0.2) is 5.11 Å². The third-order valence-corrected chi connectivity index (χ3v) is 3.90. The highest BCUT2D eigenvalue weighted by molar-refractivity contribution is 7.80. The Kier molecular flexibility index (Phi) is 5.67. The minimum atomic E-state index is -0.667. The Balaban J connectivity index is 2.33. The number of carbonyl (C=O) groups is 2. The van der Waals surface area contributed by atoms with Crippen LogP contribution in [0.5, 0.6) is 0 Å². The number of hydrogen-bond donors (Lipinski definition) is 3. The highest BCUT2D eigenvalue weighted by atomic mass is 32.1. The smallest absolute Gasteiger partial charge is 0.413 e. The Morgan fingerprint density at radius 1 is 1.17 bits per heavy atom. The third kappa shape index (κ3) is 4.51. The van der Waals surface area contributed by atoms with Crippen molar-refractivity contribution in [3.63, 3.8) is 0 Å². The summed E-state index contributed by atoms with van der Waals surface area (Å²) in [6.07, 6.45) is -0.667. The summed E-state index contributed by atoms with van der Waals surface area (Å²) >= 11 is 6.46. The van der Waals surface area contributed by atoms with Gasteiger partial charge in [-0.05, 0) is 17.8 Å². The summed E-state index contributed by atoms with van der Waals surface area (Å²) in [5, 5.41) is 10.7. The fourth-order valence-corrected chi connectivity index (χ4v) is 3.01. The lowest BCUT2D eigenvalue weighted by atomic mass is 10.1. The van der Waals surface area contributed by atoms with Crippen molar-refractivity contribution >= 4 is 51.4 Å². The second kappa shape index (κ2) is 7.70. The summed E-state index contributed by atoms with van der Waals surface area (Å²) in [6.45, 7) is 1.43. The van der Waals surface area contributed by atoms with E-state index in [-0.39, 0.29) is 11.0 Å². The summed E-state index contributed by atoms with van der Waals surface area (Å²) < 4.78 is 4.51. The quantitative estimate of drug-likeness (QED) is 0.740. The van der Waals surface area contributed by atoms with Crippen molar-refractivity contribution in [3.8, 4) is 11.1 Å². The predicted octanol–water partition coefficient (Wildman–Crippen LogP) is 3.43. The lowest BCUT2D eigenvalue weighted by molar-refractivity contribution is -0.114. The van der Waals surface area contributed by atoms with E-state index in [4.69, 9.17) is 12.2 Å². The zero-order chi connectivity index (χ0) is 16.8. The molecule has 0 fully saturated rings. The topological polar surface area (TPSA) is 79.5 Å². The number of rotatable bonds is 3. The van der Waals surface area contributed by atoms with Crippen LogP contribution in [0.1, 0.15) is 6.92 Å². The number of anilines is 2. The summed E-state index contributed by atoms with van der Waals surface area (Å²) in [4.78, 5) is 22.6. The molecule has 0 radical (unpaired) electrons. The molecule has 2 aromatic rings. The first-order valence-corrected chi connectivity index (χ1v) is 7.90. The van der Waals surface area contributed by atoms with Gasteiger partial charge in [-0.1, -0.05) is 30.3 Å². The van der Waals surface area contributed by atoms with E-state index < -0.39 is 6.09 Å². The van der Waals surface area contributed by atoms with Gasteiger partial charge in [0.05, 0.1) is 12.8 Å². The van der Waals surface area contributed by atoms with Crippen LogP contribution < -0.4 is 16.0 Å². The van der Waals surface area contributed by atoms with E-state index >= 15 is 0 Å². The molecule has 2 amide bonds. The normalized spacial score (nSPS) is 9.83. The number of methoxy groups -OCH3 is 1. The summed E-state index contributed by atoms with van der Waals surface area (Å²) in [6, 6.07) is 9.64. The number of ether oxygens (including phenoxy) is 1. The van der Waals surface area contributed by atoms with E-state index in [2.05, 4.69) is 20.7 Å². The van der Waals surface area contributed by atoms with Crippen LogP contribution >= 0.6 is 23.6 Å². The second-order valence-electron chi connectivity index (χ2n) is 4.47. The molecule has 2 rings (SSSR count). The molecule has 0 spiro atoms. The van der Waals surface area contributed by atoms with Crippen LogP contribution in [0.2, 0.25) is 0 Å². The molecule has 0 aliphatic carbocycles. The van der Waals surface area contributed by atoms with Crippen LogP contribution in [0.25, 0.3) is 11.1 Å². The minimum absolute atomic E-state index is 0.0824. The molecule has 0 unspecified atom stereocenters. The monoisotopic (exact) mass is 349 g/mol. The first kappa shape index (κ1) is 16.9. The predicted molar refractivity (Wildman–Crippen MR) is 95.8 cm³/mol. The number of thiocarbonyl (C=S) groups is 1. The van der Waals surface area contributed by atoms with Gasteiger partial charge in [-0.15, -0.1) is 11.3 Å². The number of carbonyl (C=O) groups excluding carboxylic acids is 2. The Morgan fingerprint density at radius 2 is 1.87 bits per heavy atom. The molecule has 6 nitrogen and oxygen atoms in total. The number of amides is 2. The molecule has 0 aliphatic heterocycles. The van der Waals surface area contributed by atoms with Gasteiger partial charge in [-0.25, -0.2) is 4.79 Å². The first-order chi connectivity index (χ1) is 11.0. The third-order valence-electron chi connectivity index (χ3n) is 2.80. The van der Waals surface area contributed by atoms with Gasteiger partial charge in [0.25, 0.3) is 0 Å². The Hall–Kier alpha value is -2.45. The van der Waals surface area contributed by atoms with Gasteiger partial charge >= 0.3 is 6.09 Å². The molecule has 3 N–H and O–H groups in total. The van der Waals surface area contributed by atoms with Crippen molar-refractivity contribution in [3.05, 3.63) is 35.7 Å². The van der Waals surface area contributed by atoms with Crippen LogP contribution in [0.4, 0.5) is 15.5 Å². The molecule has 1 heterocycles. The Bertz CT molecular complexity index is 729. The zero-order valence-corrected chi connectivity index (χ0v) is 14.1. The van der Waals surface area contributed by atoms with E-state index in [1.807, 2.05) is 35.7 Å². The van der Waals surface area contributed by atoms with Crippen LogP contribution in [-0.4, -0.2) is 24.2 Å². The maximum Gasteiger partial charge on any atom is 0.413 e. The van der Waals surface area contributed by atoms with E-state index in [9.17, 15) is 9.59 Å². The number of alkyl carbamates (subject to hydrolysis) is 1. The highest BCUT2D eigenvalue weighted by Gasteiger charge is 2.16. The van der Waals surface area contributed by atoms with E-state index in [0.717, 1.165) is 11.1 Å². The summed E-state index contributed by atoms with van der Waals surface area (Å²) in [7, 11) is 1.25. The molecule has 120 valence electrons. The zero-order valence-electron chi connectivity index (χ0n) is 12.5. The van der Waals surface area contributed by atoms with Crippen LogP contribution in [0.3, 0.4) is 0 Å². The fourth-order valence-electron chi connectivity index (χ4n) is 1.85. The van der Waals surface area contributed by atoms with Gasteiger partial charge in [-0.2, -0.15) is 0 Å². The molecular formula is C15H15N3O3S2. The number of thiophene rings is 1. The number of hydrogen-bond acceptors (Lipinski definition) is 5. The minimum Gasteiger partial charge on any atom is -0.453 e. The average Bonchev–Trinajstić information content (AvgIpc) is 2.89. The maximum atomic E-state index is 11.4. The molecule has 8 heteroatoms. The van der Waals surface area contributed by atoms with E-state index in [0.29, 0.717) is 10.7 Å². The van der Waals surface area contributed by atoms with Crippen LogP contribution in [0.15, 0.2) is 35.7 Å². The number of nitrogens with one attached hydrogen (secondary N) is 3. The number of benzene rings is 1. The fraction of sp³-hybridized carbons (Fsp3) is 0.133. The average molecular weight is 349 g/mol. The van der Waals surface area contributed by atoms with Gasteiger partial charge in [-0.3, -0.25) is 10.1 Å². The molecule has 1 aromatic heterocycles. The Labute approximate surface area is 142 Å². The van der Waals surface area contributed by atoms with Gasteiger partial charge in [0.1, 0.15) is 5.00 Å². The van der Waals surface area contributed by atoms with Crippen molar-refractivity contribution in [1.29, 1.82) is 0 Å². The molecule has 0 atom stereocenters. The lowest BCUT2D eigenvalue weighted by Gasteiger charge is -2.12. The largest absolute Gasteiger partial charge is 0.453 e. The van der Waals surface area contributed by atoms with Crippen molar-refractivity contribution < 1.29 is 14.3 Å². The van der Waals surface area contributed by atoms with Gasteiger partial charge in [0, 0.05) is 17.9 Å². The molecular weight excluding hydrogens is 334 g/mol. The van der Waals surface area contributed by atoms with Crippen molar-refractivity contribution in [1.82, 2.24) is 5.32 Å². The Morgan fingerprint density at radius 3 is 2.48 bits per heavy atom. The molecule has 0 aliphatic rings. The van der Waals surface area contributed by atoms with Crippen molar-refractivity contribution in [2.75, 3.05) is 17.7 Å². The van der Waals surface area contributed by atoms with Gasteiger partial charge in [0.2, 0.25) is 5.91 Å². The molecule has 0 bridgehead atoms. The van der Waals surface area contributed by atoms with Gasteiger partial charge < -0.3 is 15.4 Å². The highest BCUT2D eigenvalue weighted by Crippen LogP contribution is 2.40. The molecule has 23 heavy (non-hydrogen) atoms. The maximum absolute atomic E-state index is 11.4.